The highest BCUT2D eigenvalue weighted by molar-refractivity contribution is 5.77. The van der Waals surface area contributed by atoms with Crippen molar-refractivity contribution in [1.82, 2.24) is 20.1 Å². The van der Waals surface area contributed by atoms with E-state index < -0.39 is 0 Å². The highest BCUT2D eigenvalue weighted by Crippen LogP contribution is 2.28. The van der Waals surface area contributed by atoms with E-state index in [1.54, 1.807) is 6.20 Å². The molecule has 0 unspecified atom stereocenters. The molecule has 2 aromatic heterocycles. The lowest BCUT2D eigenvalue weighted by molar-refractivity contribution is -0.131. The smallest absolute Gasteiger partial charge is 0.251 e. The summed E-state index contributed by atoms with van der Waals surface area (Å²) in [6.45, 7) is 4.82. The van der Waals surface area contributed by atoms with Gasteiger partial charge < -0.3 is 14.2 Å². The van der Waals surface area contributed by atoms with Gasteiger partial charge >= 0.3 is 0 Å². The van der Waals surface area contributed by atoms with Crippen molar-refractivity contribution in [2.24, 2.45) is 0 Å². The molecule has 7 heteroatoms. The Bertz CT molecular complexity index is 949. The largest absolute Gasteiger partial charge is 0.421 e. The quantitative estimate of drug-likeness (QED) is 0.643. The summed E-state index contributed by atoms with van der Waals surface area (Å²) in [4.78, 5) is 21.3. The van der Waals surface area contributed by atoms with Gasteiger partial charge in [0.05, 0.1) is 5.56 Å². The fourth-order valence-electron chi connectivity index (χ4n) is 3.54. The van der Waals surface area contributed by atoms with Crippen LogP contribution < -0.4 is 4.90 Å². The topological polar surface area (TPSA) is 75.4 Å². The molecule has 1 aliphatic heterocycles. The van der Waals surface area contributed by atoms with Crippen molar-refractivity contribution in [3.8, 4) is 11.5 Å². The highest BCUT2D eigenvalue weighted by Gasteiger charge is 2.24. The van der Waals surface area contributed by atoms with Crippen LogP contribution in [-0.4, -0.2) is 52.2 Å². The Labute approximate surface area is 170 Å². The second-order valence-electron chi connectivity index (χ2n) is 7.08. The van der Waals surface area contributed by atoms with Gasteiger partial charge in [-0.3, -0.25) is 4.79 Å². The van der Waals surface area contributed by atoms with E-state index in [2.05, 4.69) is 32.2 Å². The molecule has 3 aromatic rings. The molecule has 0 bridgehead atoms. The van der Waals surface area contributed by atoms with E-state index in [1.807, 2.05) is 42.2 Å². The molecule has 0 spiro atoms. The van der Waals surface area contributed by atoms with E-state index in [-0.39, 0.29) is 5.91 Å². The van der Waals surface area contributed by atoms with Crippen LogP contribution in [-0.2, 0) is 17.6 Å². The third-order valence-electron chi connectivity index (χ3n) is 5.19. The first-order chi connectivity index (χ1) is 14.2. The number of piperazine rings is 1. The Morgan fingerprint density at radius 2 is 1.83 bits per heavy atom. The summed E-state index contributed by atoms with van der Waals surface area (Å²) in [6, 6.07) is 14.0. The van der Waals surface area contributed by atoms with Crippen molar-refractivity contribution < 1.29 is 9.21 Å². The van der Waals surface area contributed by atoms with Crippen LogP contribution in [0.25, 0.3) is 11.5 Å². The van der Waals surface area contributed by atoms with Gasteiger partial charge in [0, 0.05) is 45.2 Å². The van der Waals surface area contributed by atoms with Crippen LogP contribution in [0, 0.1) is 0 Å². The second kappa shape index (κ2) is 8.86. The maximum Gasteiger partial charge on any atom is 0.251 e. The predicted molar refractivity (Wildman–Crippen MR) is 110 cm³/mol. The lowest BCUT2D eigenvalue weighted by Crippen LogP contribution is -2.49. The minimum atomic E-state index is 0.208. The molecule has 1 fully saturated rings. The molecule has 3 heterocycles. The fourth-order valence-corrected chi connectivity index (χ4v) is 3.54. The molecule has 0 N–H and O–H groups in total. The fraction of sp³-hybridized carbons (Fsp3) is 0.364. The maximum atomic E-state index is 12.6. The molecule has 1 aliphatic rings. The van der Waals surface area contributed by atoms with Crippen molar-refractivity contribution in [3.63, 3.8) is 0 Å². The Morgan fingerprint density at radius 1 is 1.03 bits per heavy atom. The molecule has 1 saturated heterocycles. The normalized spacial score (nSPS) is 14.2. The second-order valence-corrected chi connectivity index (χ2v) is 7.08. The molecule has 150 valence electrons. The third kappa shape index (κ3) is 4.45. The van der Waals surface area contributed by atoms with E-state index in [9.17, 15) is 4.79 Å². The van der Waals surface area contributed by atoms with E-state index in [0.29, 0.717) is 37.7 Å². The number of amides is 1. The summed E-state index contributed by atoms with van der Waals surface area (Å²) in [5.74, 6) is 2.14. The summed E-state index contributed by atoms with van der Waals surface area (Å²) in [7, 11) is 0. The first kappa shape index (κ1) is 19.1. The van der Waals surface area contributed by atoms with Crippen molar-refractivity contribution in [2.75, 3.05) is 31.1 Å². The van der Waals surface area contributed by atoms with Gasteiger partial charge in [0.15, 0.2) is 0 Å². The average molecular weight is 391 g/mol. The summed E-state index contributed by atoms with van der Waals surface area (Å²) in [5.41, 5.74) is 2.03. The number of aromatic nitrogens is 3. The van der Waals surface area contributed by atoms with Gasteiger partial charge in [0.25, 0.3) is 5.89 Å². The number of benzene rings is 1. The van der Waals surface area contributed by atoms with Crippen LogP contribution in [0.3, 0.4) is 0 Å². The number of carbonyl (C=O) groups excluding carboxylic acids is 1. The van der Waals surface area contributed by atoms with Gasteiger partial charge in [-0.1, -0.05) is 37.3 Å². The number of nitrogens with zero attached hydrogens (tertiary/aromatic N) is 5. The van der Waals surface area contributed by atoms with Crippen molar-refractivity contribution in [3.05, 3.63) is 60.1 Å². The van der Waals surface area contributed by atoms with E-state index in [4.69, 9.17) is 4.42 Å². The Hall–Kier alpha value is -3.22. The molecule has 7 nitrogen and oxygen atoms in total. The molecule has 4 rings (SSSR count). The van der Waals surface area contributed by atoms with Crippen molar-refractivity contribution >= 4 is 11.7 Å². The molecule has 0 atom stereocenters. The van der Waals surface area contributed by atoms with Crippen molar-refractivity contribution in [1.29, 1.82) is 0 Å². The van der Waals surface area contributed by atoms with Gasteiger partial charge in [-0.2, -0.15) is 0 Å². The van der Waals surface area contributed by atoms with E-state index >= 15 is 0 Å². The maximum absolute atomic E-state index is 12.6. The van der Waals surface area contributed by atoms with Crippen LogP contribution in [0.1, 0.15) is 24.8 Å². The Kier molecular flexibility index (Phi) is 5.84. The Morgan fingerprint density at radius 3 is 2.55 bits per heavy atom. The first-order valence-electron chi connectivity index (χ1n) is 10.1. The number of aryl methyl sites for hydroxylation is 2. The van der Waals surface area contributed by atoms with Gasteiger partial charge in [0.2, 0.25) is 11.8 Å². The van der Waals surface area contributed by atoms with Crippen LogP contribution in [0.15, 0.2) is 53.1 Å². The minimum Gasteiger partial charge on any atom is -0.421 e. The summed E-state index contributed by atoms with van der Waals surface area (Å²) < 4.78 is 5.73. The molecule has 1 aromatic carbocycles. The zero-order valence-electron chi connectivity index (χ0n) is 16.6. The summed E-state index contributed by atoms with van der Waals surface area (Å²) in [5, 5.41) is 8.22. The number of hydrogen-bond acceptors (Lipinski definition) is 6. The molecule has 1 amide bonds. The van der Waals surface area contributed by atoms with Crippen LogP contribution in [0.2, 0.25) is 0 Å². The number of hydrogen-bond donors (Lipinski definition) is 0. The first-order valence-corrected chi connectivity index (χ1v) is 10.1. The molecular formula is C22H25N5O2. The Balaban J connectivity index is 1.38. The average Bonchev–Trinajstić information content (AvgIpc) is 3.27. The SMILES string of the molecule is CCc1nnc(-c2cccnc2N2CCN(C(=O)CCc3ccccc3)CC2)o1. The highest BCUT2D eigenvalue weighted by atomic mass is 16.4. The van der Waals surface area contributed by atoms with Gasteiger partial charge in [-0.15, -0.1) is 10.2 Å². The predicted octanol–water partition coefficient (Wildman–Crippen LogP) is 2.98. The molecule has 0 aliphatic carbocycles. The number of carbonyl (C=O) groups is 1. The summed E-state index contributed by atoms with van der Waals surface area (Å²) >= 11 is 0. The van der Waals surface area contributed by atoms with Gasteiger partial charge in [0.1, 0.15) is 5.82 Å². The van der Waals surface area contributed by atoms with Gasteiger partial charge in [-0.25, -0.2) is 4.98 Å². The van der Waals surface area contributed by atoms with Gasteiger partial charge in [-0.05, 0) is 24.1 Å². The molecule has 0 radical (unpaired) electrons. The van der Waals surface area contributed by atoms with E-state index in [1.165, 1.54) is 5.56 Å². The summed E-state index contributed by atoms with van der Waals surface area (Å²) in [6.07, 6.45) is 3.79. The third-order valence-corrected chi connectivity index (χ3v) is 5.19. The minimum absolute atomic E-state index is 0.208. The van der Waals surface area contributed by atoms with Crippen molar-refractivity contribution in [2.45, 2.75) is 26.2 Å². The van der Waals surface area contributed by atoms with Crippen LogP contribution in [0.5, 0.6) is 0 Å². The van der Waals surface area contributed by atoms with Crippen LogP contribution >= 0.6 is 0 Å². The number of rotatable bonds is 6. The molecule has 0 saturated carbocycles. The number of pyridine rings is 1. The number of anilines is 1. The zero-order valence-corrected chi connectivity index (χ0v) is 16.6. The lowest BCUT2D eigenvalue weighted by Gasteiger charge is -2.36. The monoisotopic (exact) mass is 391 g/mol. The molecular weight excluding hydrogens is 366 g/mol. The molecule has 29 heavy (non-hydrogen) atoms. The van der Waals surface area contributed by atoms with E-state index in [0.717, 1.165) is 30.9 Å². The lowest BCUT2D eigenvalue weighted by atomic mass is 10.1. The van der Waals surface area contributed by atoms with Crippen LogP contribution in [0.4, 0.5) is 5.82 Å². The standard InChI is InChI=1S/C22H25N5O2/c1-2-19-24-25-22(29-19)18-9-6-12-23-21(18)27-15-13-26(14-16-27)20(28)11-10-17-7-4-3-5-8-17/h3-9,12H,2,10-11,13-16H2,1H3. The zero-order chi connectivity index (χ0) is 20.1.